The fourth-order valence-corrected chi connectivity index (χ4v) is 0.846. The van der Waals surface area contributed by atoms with E-state index in [0.717, 1.165) is 0 Å². The average molecular weight is 158 g/mol. The zero-order chi connectivity index (χ0) is 8.43. The molecule has 11 heavy (non-hydrogen) atoms. The number of methoxy groups -OCH3 is 1. The largest absolute Gasteiger partial charge is 0.502 e. The van der Waals surface area contributed by atoms with Gasteiger partial charge in [0.15, 0.2) is 11.9 Å². The molecule has 4 nitrogen and oxygen atoms in total. The summed E-state index contributed by atoms with van der Waals surface area (Å²) in [4.78, 5) is 11.1. The van der Waals surface area contributed by atoms with Gasteiger partial charge in [0.1, 0.15) is 12.4 Å². The molecule has 0 radical (unpaired) electrons. The van der Waals surface area contributed by atoms with E-state index in [2.05, 4.69) is 0 Å². The number of Topliss-reactive ketones (excluding diaryl/α,β-unsaturated/α-hetero) is 1. The molecule has 0 amide bonds. The minimum atomic E-state index is -0.654. The molecule has 1 N–H and O–H groups in total. The summed E-state index contributed by atoms with van der Waals surface area (Å²) >= 11 is 0. The number of aliphatic hydroxyl groups is 1. The van der Waals surface area contributed by atoms with Crippen LogP contribution in [0.15, 0.2) is 11.5 Å². The number of rotatable bonds is 1. The van der Waals surface area contributed by atoms with Crippen molar-refractivity contribution in [1.29, 1.82) is 0 Å². The second-order valence-electron chi connectivity index (χ2n) is 2.30. The van der Waals surface area contributed by atoms with Gasteiger partial charge < -0.3 is 14.6 Å². The number of aliphatic hydroxyl groups excluding tert-OH is 1. The molecule has 0 aromatic rings. The molecule has 0 aromatic carbocycles. The van der Waals surface area contributed by atoms with Gasteiger partial charge >= 0.3 is 0 Å². The highest BCUT2D eigenvalue weighted by molar-refractivity contribution is 5.97. The Morgan fingerprint density at radius 1 is 1.73 bits per heavy atom. The van der Waals surface area contributed by atoms with E-state index in [4.69, 9.17) is 14.6 Å². The van der Waals surface area contributed by atoms with Gasteiger partial charge in [0.2, 0.25) is 5.78 Å². The summed E-state index contributed by atoms with van der Waals surface area (Å²) in [5.74, 6) is -0.470. The third kappa shape index (κ3) is 1.35. The molecular weight excluding hydrogens is 148 g/mol. The highest BCUT2D eigenvalue weighted by atomic mass is 16.5. The minimum absolute atomic E-state index is 0.186. The smallest absolute Gasteiger partial charge is 0.232 e. The Balaban J connectivity index is 2.81. The molecule has 1 atom stereocenters. The summed E-state index contributed by atoms with van der Waals surface area (Å²) in [7, 11) is 1.40. The van der Waals surface area contributed by atoms with E-state index >= 15 is 0 Å². The Labute approximate surface area is 64.4 Å². The van der Waals surface area contributed by atoms with Crippen molar-refractivity contribution in [2.75, 3.05) is 13.7 Å². The van der Waals surface area contributed by atoms with Crippen LogP contribution < -0.4 is 0 Å². The van der Waals surface area contributed by atoms with E-state index in [0.29, 0.717) is 0 Å². The Morgan fingerprint density at radius 3 is 2.91 bits per heavy atom. The zero-order valence-corrected chi connectivity index (χ0v) is 6.46. The van der Waals surface area contributed by atoms with Gasteiger partial charge in [-0.25, -0.2) is 0 Å². The molecule has 62 valence electrons. The number of ketones is 1. The second kappa shape index (κ2) is 2.92. The standard InChI is InChI=1S/C7H10O4/c1-4-6(8)7(9)5(10-2)3-11-4/h5,8H,3H2,1-2H3/t5-/m1/s1. The maximum Gasteiger partial charge on any atom is 0.232 e. The van der Waals surface area contributed by atoms with Crippen LogP contribution in [-0.4, -0.2) is 30.7 Å². The van der Waals surface area contributed by atoms with Gasteiger partial charge in [0.25, 0.3) is 0 Å². The fraction of sp³-hybridized carbons (Fsp3) is 0.571. The highest BCUT2D eigenvalue weighted by Crippen LogP contribution is 2.14. The van der Waals surface area contributed by atoms with Crippen molar-refractivity contribution >= 4 is 5.78 Å². The average Bonchev–Trinajstić information content (AvgIpc) is 2.01. The van der Waals surface area contributed by atoms with Crippen LogP contribution in [0.3, 0.4) is 0 Å². The lowest BCUT2D eigenvalue weighted by Gasteiger charge is -2.20. The molecule has 1 aliphatic rings. The molecule has 0 spiro atoms. The van der Waals surface area contributed by atoms with E-state index in [9.17, 15) is 4.79 Å². The van der Waals surface area contributed by atoms with Crippen LogP contribution in [0.25, 0.3) is 0 Å². The first-order chi connectivity index (χ1) is 5.16. The maximum absolute atomic E-state index is 11.1. The summed E-state index contributed by atoms with van der Waals surface area (Å²) < 4.78 is 9.70. The van der Waals surface area contributed by atoms with Crippen LogP contribution in [0, 0.1) is 0 Å². The third-order valence-corrected chi connectivity index (χ3v) is 1.60. The van der Waals surface area contributed by atoms with E-state index in [-0.39, 0.29) is 18.1 Å². The fourth-order valence-electron chi connectivity index (χ4n) is 0.846. The lowest BCUT2D eigenvalue weighted by Crippen LogP contribution is -2.34. The summed E-state index contributed by atoms with van der Waals surface area (Å²) in [6, 6.07) is 0. The minimum Gasteiger partial charge on any atom is -0.502 e. The van der Waals surface area contributed by atoms with E-state index in [1.807, 2.05) is 0 Å². The first-order valence-corrected chi connectivity index (χ1v) is 3.26. The SMILES string of the molecule is CO[C@@H]1COC(C)=C(O)C1=O. The molecule has 1 rings (SSSR count). The van der Waals surface area contributed by atoms with Gasteiger partial charge in [0, 0.05) is 7.11 Å². The van der Waals surface area contributed by atoms with Gasteiger partial charge in [-0.15, -0.1) is 0 Å². The van der Waals surface area contributed by atoms with Gasteiger partial charge in [0.05, 0.1) is 0 Å². The van der Waals surface area contributed by atoms with Gasteiger partial charge in [-0.05, 0) is 6.92 Å². The summed E-state index contributed by atoms with van der Waals surface area (Å²) in [6.45, 7) is 1.73. The van der Waals surface area contributed by atoms with Crippen LogP contribution in [-0.2, 0) is 14.3 Å². The molecule has 0 saturated carbocycles. The number of hydrogen-bond donors (Lipinski definition) is 1. The number of carbonyl (C=O) groups is 1. The Hall–Kier alpha value is -1.03. The predicted molar refractivity (Wildman–Crippen MR) is 37.1 cm³/mol. The second-order valence-corrected chi connectivity index (χ2v) is 2.30. The van der Waals surface area contributed by atoms with Crippen molar-refractivity contribution in [2.45, 2.75) is 13.0 Å². The first kappa shape index (κ1) is 8.07. The molecule has 0 aliphatic carbocycles. The molecule has 0 fully saturated rings. The van der Waals surface area contributed by atoms with Crippen molar-refractivity contribution in [3.05, 3.63) is 11.5 Å². The van der Waals surface area contributed by atoms with Crippen molar-refractivity contribution in [1.82, 2.24) is 0 Å². The zero-order valence-electron chi connectivity index (χ0n) is 6.46. The molecule has 1 heterocycles. The molecule has 0 saturated heterocycles. The summed E-state index contributed by atoms with van der Waals surface area (Å²) in [5.41, 5.74) is 0. The van der Waals surface area contributed by atoms with Gasteiger partial charge in [-0.3, -0.25) is 4.79 Å². The van der Waals surface area contributed by atoms with Crippen molar-refractivity contribution < 1.29 is 19.4 Å². The highest BCUT2D eigenvalue weighted by Gasteiger charge is 2.28. The number of ether oxygens (including phenoxy) is 2. The van der Waals surface area contributed by atoms with Gasteiger partial charge in [-0.2, -0.15) is 0 Å². The lowest BCUT2D eigenvalue weighted by atomic mass is 10.1. The summed E-state index contributed by atoms with van der Waals surface area (Å²) in [6.07, 6.45) is -0.654. The summed E-state index contributed by atoms with van der Waals surface area (Å²) in [5, 5.41) is 9.07. The number of carbonyl (C=O) groups excluding carboxylic acids is 1. The van der Waals surface area contributed by atoms with E-state index < -0.39 is 11.9 Å². The molecular formula is C7H10O4. The van der Waals surface area contributed by atoms with Crippen molar-refractivity contribution in [2.24, 2.45) is 0 Å². The maximum atomic E-state index is 11.1. The Bertz CT molecular complexity index is 206. The molecule has 4 heteroatoms. The quantitative estimate of drug-likeness (QED) is 0.599. The monoisotopic (exact) mass is 158 g/mol. The topological polar surface area (TPSA) is 55.8 Å². The van der Waals surface area contributed by atoms with Crippen LogP contribution in [0.1, 0.15) is 6.92 Å². The molecule has 0 unspecified atom stereocenters. The van der Waals surface area contributed by atoms with Crippen molar-refractivity contribution in [3.8, 4) is 0 Å². The first-order valence-electron chi connectivity index (χ1n) is 3.26. The predicted octanol–water partition coefficient (Wildman–Crippen LogP) is 0.390. The lowest BCUT2D eigenvalue weighted by molar-refractivity contribution is -0.133. The normalized spacial score (nSPS) is 25.3. The number of allylic oxidation sites excluding steroid dienone is 1. The van der Waals surface area contributed by atoms with E-state index in [1.165, 1.54) is 7.11 Å². The molecule has 0 bridgehead atoms. The molecule has 1 aliphatic heterocycles. The van der Waals surface area contributed by atoms with Crippen LogP contribution >= 0.6 is 0 Å². The number of hydrogen-bond acceptors (Lipinski definition) is 4. The van der Waals surface area contributed by atoms with Gasteiger partial charge in [-0.1, -0.05) is 0 Å². The Morgan fingerprint density at radius 2 is 2.36 bits per heavy atom. The van der Waals surface area contributed by atoms with Crippen LogP contribution in [0.5, 0.6) is 0 Å². The Kier molecular flexibility index (Phi) is 2.14. The van der Waals surface area contributed by atoms with Crippen molar-refractivity contribution in [3.63, 3.8) is 0 Å². The van der Waals surface area contributed by atoms with Crippen LogP contribution in [0.2, 0.25) is 0 Å². The third-order valence-electron chi connectivity index (χ3n) is 1.60. The molecule has 0 aromatic heterocycles. The van der Waals surface area contributed by atoms with E-state index in [1.54, 1.807) is 6.92 Å². The van der Waals surface area contributed by atoms with Crippen LogP contribution in [0.4, 0.5) is 0 Å².